The summed E-state index contributed by atoms with van der Waals surface area (Å²) in [6, 6.07) is 0. The van der Waals surface area contributed by atoms with Crippen LogP contribution in [0.3, 0.4) is 0 Å². The van der Waals surface area contributed by atoms with Crippen LogP contribution in [0.1, 0.15) is 32.1 Å². The molecule has 2 N–H and O–H groups in total. The smallest absolute Gasteiger partial charge is 0.223 e. The van der Waals surface area contributed by atoms with Crippen LogP contribution in [0, 0.1) is 29.6 Å². The van der Waals surface area contributed by atoms with Crippen molar-refractivity contribution in [3.05, 3.63) is 0 Å². The summed E-state index contributed by atoms with van der Waals surface area (Å²) < 4.78 is 0. The van der Waals surface area contributed by atoms with E-state index in [1.165, 1.54) is 32.1 Å². The molecule has 0 spiro atoms. The Labute approximate surface area is 128 Å². The first-order valence-electron chi connectivity index (χ1n) is 9.00. The van der Waals surface area contributed by atoms with E-state index in [0.29, 0.717) is 23.7 Å². The molecular weight excluding hydrogens is 262 g/mol. The average Bonchev–Trinajstić information content (AvgIpc) is 2.47. The molecule has 5 aliphatic rings. The molecule has 21 heavy (non-hydrogen) atoms. The highest BCUT2D eigenvalue weighted by Crippen LogP contribution is 2.56. The van der Waals surface area contributed by atoms with Gasteiger partial charge < -0.3 is 10.6 Å². The van der Waals surface area contributed by atoms with Gasteiger partial charge in [-0.05, 0) is 55.8 Å². The van der Waals surface area contributed by atoms with E-state index in [1.807, 2.05) is 0 Å². The first kappa shape index (κ1) is 14.0. The van der Waals surface area contributed by atoms with Crippen LogP contribution in [0.25, 0.3) is 0 Å². The number of hydrogen-bond donors (Lipinski definition) is 2. The molecule has 4 saturated carbocycles. The topological polar surface area (TPSA) is 44.4 Å². The first-order valence-corrected chi connectivity index (χ1v) is 9.00. The maximum absolute atomic E-state index is 12.6. The van der Waals surface area contributed by atoms with Crippen LogP contribution in [0.4, 0.5) is 0 Å². The van der Waals surface area contributed by atoms with E-state index in [9.17, 15) is 4.79 Å². The third kappa shape index (κ3) is 2.85. The summed E-state index contributed by atoms with van der Waals surface area (Å²) in [6.45, 7) is 6.26. The Balaban J connectivity index is 1.27. The van der Waals surface area contributed by atoms with Crippen molar-refractivity contribution >= 4 is 5.91 Å². The number of piperazine rings is 1. The zero-order valence-electron chi connectivity index (χ0n) is 13.0. The lowest BCUT2D eigenvalue weighted by Crippen LogP contribution is -2.52. The Kier molecular flexibility index (Phi) is 3.92. The molecule has 0 aromatic rings. The van der Waals surface area contributed by atoms with Crippen molar-refractivity contribution in [3.63, 3.8) is 0 Å². The van der Waals surface area contributed by atoms with E-state index in [1.54, 1.807) is 0 Å². The summed E-state index contributed by atoms with van der Waals surface area (Å²) in [5, 5.41) is 6.63. The van der Waals surface area contributed by atoms with Gasteiger partial charge in [0, 0.05) is 45.2 Å². The van der Waals surface area contributed by atoms with Gasteiger partial charge in [0.05, 0.1) is 0 Å². The number of hydrogen-bond acceptors (Lipinski definition) is 3. The minimum Gasteiger partial charge on any atom is -0.355 e. The first-order chi connectivity index (χ1) is 10.3. The molecule has 1 aliphatic heterocycles. The molecular formula is C17H29N3O. The molecule has 5 rings (SSSR count). The molecule has 4 bridgehead atoms. The van der Waals surface area contributed by atoms with Gasteiger partial charge in [-0.25, -0.2) is 0 Å². The van der Waals surface area contributed by atoms with Crippen molar-refractivity contribution in [2.24, 2.45) is 29.6 Å². The predicted molar refractivity (Wildman–Crippen MR) is 82.9 cm³/mol. The highest BCUT2D eigenvalue weighted by Gasteiger charge is 2.50. The molecule has 5 fully saturated rings. The van der Waals surface area contributed by atoms with Gasteiger partial charge in [0.25, 0.3) is 0 Å². The van der Waals surface area contributed by atoms with Gasteiger partial charge in [0.1, 0.15) is 0 Å². The molecule has 0 aromatic heterocycles. The molecule has 4 aliphatic carbocycles. The maximum atomic E-state index is 12.6. The van der Waals surface area contributed by atoms with Crippen LogP contribution < -0.4 is 10.6 Å². The second kappa shape index (κ2) is 5.88. The van der Waals surface area contributed by atoms with Crippen molar-refractivity contribution in [1.29, 1.82) is 0 Å². The third-order valence-corrected chi connectivity index (χ3v) is 6.47. The Hall–Kier alpha value is -0.610. The zero-order chi connectivity index (χ0) is 14.2. The number of rotatable bonds is 4. The van der Waals surface area contributed by atoms with Gasteiger partial charge in [-0.15, -0.1) is 0 Å². The number of carbonyl (C=O) groups excluding carboxylic acids is 1. The van der Waals surface area contributed by atoms with Gasteiger partial charge in [-0.3, -0.25) is 9.69 Å². The predicted octanol–water partition coefficient (Wildman–Crippen LogP) is 1.08. The lowest BCUT2D eigenvalue weighted by atomic mass is 9.51. The molecule has 1 heterocycles. The van der Waals surface area contributed by atoms with Crippen molar-refractivity contribution in [1.82, 2.24) is 15.5 Å². The normalized spacial score (nSPS) is 42.2. The van der Waals surface area contributed by atoms with E-state index in [2.05, 4.69) is 15.5 Å². The van der Waals surface area contributed by atoms with E-state index in [4.69, 9.17) is 0 Å². The van der Waals surface area contributed by atoms with E-state index in [-0.39, 0.29) is 0 Å². The molecule has 1 saturated heterocycles. The summed E-state index contributed by atoms with van der Waals surface area (Å²) in [4.78, 5) is 15.1. The fourth-order valence-electron chi connectivity index (χ4n) is 5.74. The average molecular weight is 291 g/mol. The molecule has 118 valence electrons. The minimum atomic E-state index is 0.348. The number of amides is 1. The lowest BCUT2D eigenvalue weighted by molar-refractivity contribution is -0.138. The highest BCUT2D eigenvalue weighted by atomic mass is 16.1. The standard InChI is InChI=1S/C17H29N3O/c21-17(19-3-6-20-4-1-18-2-5-20)16-14-8-12-7-13(10-14)11-15(16)9-12/h12-16,18H,1-11H2,(H,19,21). The van der Waals surface area contributed by atoms with E-state index < -0.39 is 0 Å². The van der Waals surface area contributed by atoms with Crippen LogP contribution in [-0.2, 0) is 4.79 Å². The Morgan fingerprint density at radius 2 is 1.62 bits per heavy atom. The quantitative estimate of drug-likeness (QED) is 0.815. The van der Waals surface area contributed by atoms with Crippen LogP contribution in [0.5, 0.6) is 0 Å². The molecule has 0 unspecified atom stereocenters. The van der Waals surface area contributed by atoms with Gasteiger partial charge in [0.15, 0.2) is 0 Å². The monoisotopic (exact) mass is 291 g/mol. The highest BCUT2D eigenvalue weighted by molar-refractivity contribution is 5.79. The largest absolute Gasteiger partial charge is 0.355 e. The molecule has 0 atom stereocenters. The fourth-order valence-corrected chi connectivity index (χ4v) is 5.74. The fraction of sp³-hybridized carbons (Fsp3) is 0.941. The van der Waals surface area contributed by atoms with Gasteiger partial charge in [-0.1, -0.05) is 0 Å². The van der Waals surface area contributed by atoms with Crippen LogP contribution >= 0.6 is 0 Å². The van der Waals surface area contributed by atoms with Crippen LogP contribution in [0.2, 0.25) is 0 Å². The summed E-state index contributed by atoms with van der Waals surface area (Å²) in [5.41, 5.74) is 0. The van der Waals surface area contributed by atoms with Crippen molar-refractivity contribution in [2.45, 2.75) is 32.1 Å². The maximum Gasteiger partial charge on any atom is 0.223 e. The Morgan fingerprint density at radius 3 is 2.24 bits per heavy atom. The van der Waals surface area contributed by atoms with Crippen molar-refractivity contribution in [3.8, 4) is 0 Å². The van der Waals surface area contributed by atoms with Crippen molar-refractivity contribution in [2.75, 3.05) is 39.3 Å². The molecule has 1 amide bonds. The molecule has 0 radical (unpaired) electrons. The van der Waals surface area contributed by atoms with E-state index >= 15 is 0 Å². The summed E-state index contributed by atoms with van der Waals surface area (Å²) >= 11 is 0. The van der Waals surface area contributed by atoms with Gasteiger partial charge in [-0.2, -0.15) is 0 Å². The molecule has 4 heteroatoms. The van der Waals surface area contributed by atoms with Crippen LogP contribution in [0.15, 0.2) is 0 Å². The third-order valence-electron chi connectivity index (χ3n) is 6.47. The number of carbonyl (C=O) groups is 1. The summed E-state index contributed by atoms with van der Waals surface area (Å²) in [7, 11) is 0. The lowest BCUT2D eigenvalue weighted by Gasteiger charge is -2.53. The SMILES string of the molecule is O=C(NCCN1CCNCC1)C1C2CC3CC(C2)CC1C3. The zero-order valence-corrected chi connectivity index (χ0v) is 13.0. The second-order valence-corrected chi connectivity index (χ2v) is 7.84. The number of nitrogens with one attached hydrogen (secondary N) is 2. The number of nitrogens with zero attached hydrogens (tertiary/aromatic N) is 1. The summed E-state index contributed by atoms with van der Waals surface area (Å²) in [5.74, 6) is 4.05. The van der Waals surface area contributed by atoms with Crippen molar-refractivity contribution < 1.29 is 4.79 Å². The van der Waals surface area contributed by atoms with Gasteiger partial charge in [0.2, 0.25) is 5.91 Å². The van der Waals surface area contributed by atoms with Gasteiger partial charge >= 0.3 is 0 Å². The molecule has 4 nitrogen and oxygen atoms in total. The molecule has 0 aromatic carbocycles. The summed E-state index contributed by atoms with van der Waals surface area (Å²) in [6.07, 6.45) is 6.81. The Morgan fingerprint density at radius 1 is 1.00 bits per heavy atom. The van der Waals surface area contributed by atoms with E-state index in [0.717, 1.165) is 51.1 Å². The minimum absolute atomic E-state index is 0.348. The Bertz CT molecular complexity index is 363. The van der Waals surface area contributed by atoms with Crippen LogP contribution in [-0.4, -0.2) is 50.1 Å². The second-order valence-electron chi connectivity index (χ2n) is 7.84.